The molecule has 2 aromatic carbocycles. The van der Waals surface area contributed by atoms with Crippen molar-refractivity contribution in [3.05, 3.63) is 77.9 Å². The summed E-state index contributed by atoms with van der Waals surface area (Å²) in [7, 11) is 0. The summed E-state index contributed by atoms with van der Waals surface area (Å²) in [5.41, 5.74) is 3.32. The van der Waals surface area contributed by atoms with Gasteiger partial charge in [0.2, 0.25) is 0 Å². The number of likely N-dealkylation sites (tertiary alicyclic amines) is 1. The molecule has 0 aliphatic carbocycles. The largest absolute Gasteiger partial charge is 0.385 e. The molecule has 0 bridgehead atoms. The maximum Gasteiger partial charge on any atom is 0.255 e. The highest BCUT2D eigenvalue weighted by Gasteiger charge is 2.26. The zero-order chi connectivity index (χ0) is 24.8. The van der Waals surface area contributed by atoms with Crippen molar-refractivity contribution in [1.82, 2.24) is 14.7 Å². The Balaban J connectivity index is 0.00000241. The van der Waals surface area contributed by atoms with Crippen molar-refractivity contribution in [2.75, 3.05) is 30.3 Å². The summed E-state index contributed by atoms with van der Waals surface area (Å²) in [6.45, 7) is 7.00. The number of carbonyl (C=O) groups excluding carboxylic acids is 1. The lowest BCUT2D eigenvalue weighted by molar-refractivity contribution is 0.102. The molecule has 0 spiro atoms. The monoisotopic (exact) mass is 569 g/mol. The van der Waals surface area contributed by atoms with E-state index in [0.29, 0.717) is 23.2 Å². The van der Waals surface area contributed by atoms with Crippen LogP contribution in [0.5, 0.6) is 0 Å². The van der Waals surface area contributed by atoms with Crippen LogP contribution in [-0.2, 0) is 6.42 Å². The second-order valence-corrected chi connectivity index (χ2v) is 9.96. The summed E-state index contributed by atoms with van der Waals surface area (Å²) in [6, 6.07) is 13.5. The lowest BCUT2D eigenvalue weighted by Crippen LogP contribution is -2.41. The molecule has 2 heterocycles. The molecule has 1 amide bonds. The molecule has 1 fully saturated rings. The molecule has 37 heavy (non-hydrogen) atoms. The highest BCUT2D eigenvalue weighted by Crippen LogP contribution is 2.26. The molecule has 4 rings (SSSR count). The molecule has 1 aliphatic heterocycles. The molecular formula is C27H35Cl3FN5O. The van der Waals surface area contributed by atoms with E-state index in [0.717, 1.165) is 44.6 Å². The molecule has 0 radical (unpaired) electrons. The van der Waals surface area contributed by atoms with Gasteiger partial charge in [0.25, 0.3) is 5.91 Å². The second-order valence-electron chi connectivity index (χ2n) is 9.46. The van der Waals surface area contributed by atoms with Gasteiger partial charge in [-0.15, -0.1) is 36.4 Å². The van der Waals surface area contributed by atoms with Crippen LogP contribution in [0.2, 0.25) is 0 Å². The Morgan fingerprint density at radius 1 is 1.16 bits per heavy atom. The van der Waals surface area contributed by atoms with Gasteiger partial charge in [0.05, 0.1) is 11.7 Å². The number of halogens is 4. The minimum absolute atomic E-state index is 0. The van der Waals surface area contributed by atoms with Gasteiger partial charge in [0, 0.05) is 42.3 Å². The first-order chi connectivity index (χ1) is 16.9. The molecule has 2 unspecified atom stereocenters. The molecule has 202 valence electrons. The summed E-state index contributed by atoms with van der Waals surface area (Å²) < 4.78 is 15.1. The zero-order valence-corrected chi connectivity index (χ0v) is 23.5. The van der Waals surface area contributed by atoms with Crippen LogP contribution in [0.15, 0.2) is 60.9 Å². The van der Waals surface area contributed by atoms with Crippen molar-refractivity contribution in [3.8, 4) is 0 Å². The molecule has 10 heteroatoms. The van der Waals surface area contributed by atoms with Crippen LogP contribution < -0.4 is 10.6 Å². The van der Waals surface area contributed by atoms with E-state index in [4.69, 9.17) is 11.6 Å². The number of alkyl halides is 1. The van der Waals surface area contributed by atoms with Crippen LogP contribution in [0, 0.1) is 11.7 Å². The maximum atomic E-state index is 13.1. The normalized spacial score (nSPS) is 17.5. The Bertz CT molecular complexity index is 1130. The van der Waals surface area contributed by atoms with E-state index < -0.39 is 0 Å². The standard InChI is InChI=1S/C27H33ClFN5O.2ClH/c1-19(2)34-18-21(17-31-34)11-13-33-12-10-20(14-26(33)28)16-30-24-4-3-5-25(15-24)32-27(35)22-6-8-23(29)9-7-22;;/h3-9,15,17-20,26,30H,10-14,16H2,1-2H3,(H,32,35);2*1H. The fraction of sp³-hybridized carbons (Fsp3) is 0.407. The highest BCUT2D eigenvalue weighted by molar-refractivity contribution is 6.20. The molecule has 0 saturated carbocycles. The summed E-state index contributed by atoms with van der Waals surface area (Å²) in [6.07, 6.45) is 7.05. The van der Waals surface area contributed by atoms with E-state index in [2.05, 4.69) is 40.7 Å². The summed E-state index contributed by atoms with van der Waals surface area (Å²) in [5.74, 6) is -0.151. The van der Waals surface area contributed by atoms with Crippen LogP contribution in [0.25, 0.3) is 0 Å². The molecule has 1 aliphatic rings. The van der Waals surface area contributed by atoms with Crippen molar-refractivity contribution in [3.63, 3.8) is 0 Å². The third kappa shape index (κ3) is 8.88. The van der Waals surface area contributed by atoms with Crippen LogP contribution in [0.4, 0.5) is 15.8 Å². The predicted octanol–water partition coefficient (Wildman–Crippen LogP) is 6.63. The number of nitrogens with zero attached hydrogens (tertiary/aromatic N) is 3. The number of nitrogens with one attached hydrogen (secondary N) is 2. The Morgan fingerprint density at radius 2 is 1.89 bits per heavy atom. The third-order valence-corrected chi connectivity index (χ3v) is 6.90. The number of carbonyl (C=O) groups is 1. The lowest BCUT2D eigenvalue weighted by Gasteiger charge is -2.36. The fourth-order valence-corrected chi connectivity index (χ4v) is 4.75. The number of piperidine rings is 1. The topological polar surface area (TPSA) is 62.2 Å². The van der Waals surface area contributed by atoms with E-state index in [-0.39, 0.29) is 42.0 Å². The van der Waals surface area contributed by atoms with Crippen molar-refractivity contribution in [2.45, 2.75) is 44.7 Å². The molecule has 2 N–H and O–H groups in total. The number of hydrogen-bond acceptors (Lipinski definition) is 4. The van der Waals surface area contributed by atoms with Crippen molar-refractivity contribution in [1.29, 1.82) is 0 Å². The average molecular weight is 571 g/mol. The Labute approximate surface area is 235 Å². The minimum Gasteiger partial charge on any atom is -0.385 e. The van der Waals surface area contributed by atoms with E-state index >= 15 is 0 Å². The Hall–Kier alpha value is -2.32. The smallest absolute Gasteiger partial charge is 0.255 e. The van der Waals surface area contributed by atoms with Crippen LogP contribution >= 0.6 is 36.4 Å². The Kier molecular flexibility index (Phi) is 12.2. The zero-order valence-electron chi connectivity index (χ0n) is 21.1. The third-order valence-electron chi connectivity index (χ3n) is 6.44. The van der Waals surface area contributed by atoms with E-state index in [9.17, 15) is 9.18 Å². The van der Waals surface area contributed by atoms with Gasteiger partial charge in [0.1, 0.15) is 5.82 Å². The minimum atomic E-state index is -0.364. The number of amides is 1. The average Bonchev–Trinajstić information content (AvgIpc) is 3.32. The summed E-state index contributed by atoms with van der Waals surface area (Å²) in [4.78, 5) is 14.8. The van der Waals surface area contributed by atoms with E-state index in [1.165, 1.54) is 29.8 Å². The number of benzene rings is 2. The maximum absolute atomic E-state index is 13.1. The van der Waals surface area contributed by atoms with Crippen molar-refractivity contribution in [2.24, 2.45) is 5.92 Å². The van der Waals surface area contributed by atoms with Gasteiger partial charge < -0.3 is 10.6 Å². The highest BCUT2D eigenvalue weighted by atomic mass is 35.5. The van der Waals surface area contributed by atoms with E-state index in [1.807, 2.05) is 35.1 Å². The molecule has 1 aromatic heterocycles. The van der Waals surface area contributed by atoms with Gasteiger partial charge in [-0.3, -0.25) is 14.4 Å². The van der Waals surface area contributed by atoms with Crippen LogP contribution in [0.1, 0.15) is 48.7 Å². The molecule has 6 nitrogen and oxygen atoms in total. The number of aromatic nitrogens is 2. The summed E-state index contributed by atoms with van der Waals surface area (Å²) in [5, 5.41) is 10.8. The first-order valence-corrected chi connectivity index (χ1v) is 12.6. The van der Waals surface area contributed by atoms with Crippen LogP contribution in [-0.4, -0.2) is 45.7 Å². The van der Waals surface area contributed by atoms with Crippen molar-refractivity contribution < 1.29 is 9.18 Å². The van der Waals surface area contributed by atoms with E-state index in [1.54, 1.807) is 0 Å². The quantitative estimate of drug-likeness (QED) is 0.224. The van der Waals surface area contributed by atoms with Gasteiger partial charge >= 0.3 is 0 Å². The summed E-state index contributed by atoms with van der Waals surface area (Å²) >= 11 is 6.74. The number of anilines is 2. The van der Waals surface area contributed by atoms with Gasteiger partial charge in [0.15, 0.2) is 0 Å². The van der Waals surface area contributed by atoms with Crippen molar-refractivity contribution >= 4 is 53.7 Å². The number of rotatable bonds is 9. The fourth-order valence-electron chi connectivity index (χ4n) is 4.30. The molecule has 1 saturated heterocycles. The van der Waals surface area contributed by atoms with Gasteiger partial charge in [-0.25, -0.2) is 4.39 Å². The molecule has 3 aromatic rings. The van der Waals surface area contributed by atoms with Gasteiger partial charge in [-0.1, -0.05) is 6.07 Å². The molecule has 2 atom stereocenters. The first-order valence-electron chi connectivity index (χ1n) is 12.2. The van der Waals surface area contributed by atoms with Gasteiger partial charge in [-0.2, -0.15) is 5.10 Å². The van der Waals surface area contributed by atoms with Gasteiger partial charge in [-0.05, 0) is 93.6 Å². The first kappa shape index (κ1) is 30.9. The SMILES string of the molecule is CC(C)n1cc(CCN2CCC(CNc3cccc(NC(=O)c4ccc(F)cc4)c3)CC2Cl)cn1.Cl.Cl. The second kappa shape index (κ2) is 14.6. The predicted molar refractivity (Wildman–Crippen MR) is 154 cm³/mol. The number of hydrogen-bond donors (Lipinski definition) is 2. The Morgan fingerprint density at radius 3 is 2.57 bits per heavy atom. The van der Waals surface area contributed by atoms with Crippen LogP contribution in [0.3, 0.4) is 0 Å². The molecular weight excluding hydrogens is 536 g/mol. The lowest BCUT2D eigenvalue weighted by atomic mass is 9.96.